The Balaban J connectivity index is 2.44. The molecule has 0 unspecified atom stereocenters. The van der Waals surface area contributed by atoms with Gasteiger partial charge in [-0.1, -0.05) is 18.5 Å². The van der Waals surface area contributed by atoms with Crippen molar-refractivity contribution < 1.29 is 4.79 Å². The van der Waals surface area contributed by atoms with E-state index in [9.17, 15) is 4.79 Å². The van der Waals surface area contributed by atoms with E-state index in [4.69, 9.17) is 11.6 Å². The summed E-state index contributed by atoms with van der Waals surface area (Å²) in [6, 6.07) is 3.84. The average Bonchev–Trinajstić information content (AvgIpc) is 2.72. The van der Waals surface area contributed by atoms with Gasteiger partial charge in [0.2, 0.25) is 5.91 Å². The van der Waals surface area contributed by atoms with Crippen molar-refractivity contribution in [1.82, 2.24) is 10.2 Å². The maximum atomic E-state index is 11.9. The van der Waals surface area contributed by atoms with Crippen molar-refractivity contribution >= 4 is 28.8 Å². The van der Waals surface area contributed by atoms with Gasteiger partial charge in [0, 0.05) is 11.4 Å². The molecule has 0 saturated heterocycles. The highest BCUT2D eigenvalue weighted by atomic mass is 35.5. The lowest BCUT2D eigenvalue weighted by molar-refractivity contribution is -0.130. The van der Waals surface area contributed by atoms with Crippen LogP contribution in [0.4, 0.5) is 0 Å². The normalized spacial score (nSPS) is 10.5. The summed E-state index contributed by atoms with van der Waals surface area (Å²) in [6.07, 6.45) is 1.04. The van der Waals surface area contributed by atoms with E-state index in [0.29, 0.717) is 13.1 Å². The third-order valence-corrected chi connectivity index (χ3v) is 3.63. The molecule has 0 bridgehead atoms. The number of rotatable bonds is 7. The van der Waals surface area contributed by atoms with Crippen LogP contribution in [-0.4, -0.2) is 30.4 Å². The zero-order valence-corrected chi connectivity index (χ0v) is 11.9. The van der Waals surface area contributed by atoms with Crippen molar-refractivity contribution in [3.05, 3.63) is 21.3 Å². The lowest BCUT2D eigenvalue weighted by Crippen LogP contribution is -2.37. The molecule has 0 spiro atoms. The Morgan fingerprint density at radius 1 is 1.47 bits per heavy atom. The van der Waals surface area contributed by atoms with Gasteiger partial charge in [-0.2, -0.15) is 0 Å². The van der Waals surface area contributed by atoms with E-state index in [1.54, 1.807) is 0 Å². The quantitative estimate of drug-likeness (QED) is 0.776. The van der Waals surface area contributed by atoms with Gasteiger partial charge < -0.3 is 10.2 Å². The number of hydrogen-bond donors (Lipinski definition) is 1. The van der Waals surface area contributed by atoms with Gasteiger partial charge in [-0.05, 0) is 32.0 Å². The van der Waals surface area contributed by atoms with E-state index in [0.717, 1.165) is 28.7 Å². The molecule has 0 aliphatic rings. The zero-order chi connectivity index (χ0) is 12.7. The number of likely N-dealkylation sites (N-methyl/N-ethyl adjacent to an activating group) is 1. The molecule has 5 heteroatoms. The maximum absolute atomic E-state index is 11.9. The van der Waals surface area contributed by atoms with Crippen LogP contribution >= 0.6 is 22.9 Å². The van der Waals surface area contributed by atoms with Gasteiger partial charge in [-0.3, -0.25) is 4.79 Å². The molecular formula is C12H19ClN2OS. The van der Waals surface area contributed by atoms with Gasteiger partial charge in [0.25, 0.3) is 0 Å². The number of nitrogens with zero attached hydrogens (tertiary/aromatic N) is 1. The summed E-state index contributed by atoms with van der Waals surface area (Å²) in [5.74, 6) is 0.144. The lowest BCUT2D eigenvalue weighted by Gasteiger charge is -2.20. The lowest BCUT2D eigenvalue weighted by atomic mass is 10.3. The molecule has 17 heavy (non-hydrogen) atoms. The molecule has 0 aliphatic heterocycles. The minimum absolute atomic E-state index is 0.144. The summed E-state index contributed by atoms with van der Waals surface area (Å²) in [4.78, 5) is 14.9. The second kappa shape index (κ2) is 7.69. The first-order valence-electron chi connectivity index (χ1n) is 5.90. The SMILES string of the molecule is CCCNCC(=O)N(CC)Cc1ccc(Cl)s1. The van der Waals surface area contributed by atoms with Crippen LogP contribution in [0.15, 0.2) is 12.1 Å². The minimum Gasteiger partial charge on any atom is -0.337 e. The van der Waals surface area contributed by atoms with Crippen LogP contribution in [0.5, 0.6) is 0 Å². The standard InChI is InChI=1S/C12H19ClN2OS/c1-3-7-14-8-12(16)15(4-2)9-10-5-6-11(13)17-10/h5-6,14H,3-4,7-9H2,1-2H3. The third-order valence-electron chi connectivity index (χ3n) is 2.41. The largest absolute Gasteiger partial charge is 0.337 e. The van der Waals surface area contributed by atoms with Crippen LogP contribution in [0.1, 0.15) is 25.1 Å². The summed E-state index contributed by atoms with van der Waals surface area (Å²) >= 11 is 7.40. The number of carbonyl (C=O) groups is 1. The number of nitrogens with one attached hydrogen (secondary N) is 1. The predicted molar refractivity (Wildman–Crippen MR) is 73.6 cm³/mol. The molecule has 1 heterocycles. The number of hydrogen-bond acceptors (Lipinski definition) is 3. The fraction of sp³-hybridized carbons (Fsp3) is 0.583. The van der Waals surface area contributed by atoms with E-state index < -0.39 is 0 Å². The van der Waals surface area contributed by atoms with Crippen molar-refractivity contribution in [2.45, 2.75) is 26.8 Å². The summed E-state index contributed by atoms with van der Waals surface area (Å²) in [7, 11) is 0. The highest BCUT2D eigenvalue weighted by Crippen LogP contribution is 2.22. The number of halogens is 1. The first-order chi connectivity index (χ1) is 8.17. The van der Waals surface area contributed by atoms with E-state index in [2.05, 4.69) is 12.2 Å². The Kier molecular flexibility index (Phi) is 6.55. The van der Waals surface area contributed by atoms with Gasteiger partial charge in [0.1, 0.15) is 0 Å². The second-order valence-electron chi connectivity index (χ2n) is 3.79. The maximum Gasteiger partial charge on any atom is 0.236 e. The Labute approximate surface area is 112 Å². The van der Waals surface area contributed by atoms with Gasteiger partial charge in [0.15, 0.2) is 0 Å². The van der Waals surface area contributed by atoms with Crippen molar-refractivity contribution in [3.8, 4) is 0 Å². The van der Waals surface area contributed by atoms with Crippen molar-refractivity contribution in [2.75, 3.05) is 19.6 Å². The first-order valence-corrected chi connectivity index (χ1v) is 7.09. The molecule has 1 aromatic heterocycles. The van der Waals surface area contributed by atoms with E-state index in [-0.39, 0.29) is 5.91 Å². The molecule has 1 aromatic rings. The topological polar surface area (TPSA) is 32.3 Å². The van der Waals surface area contributed by atoms with Crippen LogP contribution in [0, 0.1) is 0 Å². The molecule has 96 valence electrons. The molecule has 0 aromatic carbocycles. The van der Waals surface area contributed by atoms with Crippen molar-refractivity contribution in [2.24, 2.45) is 0 Å². The molecule has 3 nitrogen and oxygen atoms in total. The van der Waals surface area contributed by atoms with Crippen molar-refractivity contribution in [3.63, 3.8) is 0 Å². The molecule has 0 aliphatic carbocycles. The summed E-state index contributed by atoms with van der Waals surface area (Å²) in [6.45, 7) is 6.76. The number of carbonyl (C=O) groups excluding carboxylic acids is 1. The van der Waals surface area contributed by atoms with E-state index >= 15 is 0 Å². The zero-order valence-electron chi connectivity index (χ0n) is 10.3. The van der Waals surface area contributed by atoms with Crippen LogP contribution in [0.2, 0.25) is 4.34 Å². The first kappa shape index (κ1) is 14.5. The van der Waals surface area contributed by atoms with Crippen LogP contribution in [0.25, 0.3) is 0 Å². The van der Waals surface area contributed by atoms with Gasteiger partial charge in [-0.25, -0.2) is 0 Å². The summed E-state index contributed by atoms with van der Waals surface area (Å²) in [5, 5.41) is 3.13. The Morgan fingerprint density at radius 3 is 2.76 bits per heavy atom. The molecule has 1 N–H and O–H groups in total. The van der Waals surface area contributed by atoms with Crippen LogP contribution in [-0.2, 0) is 11.3 Å². The third kappa shape index (κ3) is 5.06. The number of amides is 1. The molecule has 0 saturated carbocycles. The average molecular weight is 275 g/mol. The van der Waals surface area contributed by atoms with E-state index in [1.807, 2.05) is 24.0 Å². The molecule has 0 atom stereocenters. The molecule has 0 fully saturated rings. The van der Waals surface area contributed by atoms with Gasteiger partial charge in [-0.15, -0.1) is 11.3 Å². The van der Waals surface area contributed by atoms with Gasteiger partial charge in [0.05, 0.1) is 17.4 Å². The minimum atomic E-state index is 0.144. The highest BCUT2D eigenvalue weighted by Gasteiger charge is 2.12. The number of thiophene rings is 1. The molecule has 1 amide bonds. The fourth-order valence-electron chi connectivity index (χ4n) is 1.49. The summed E-state index contributed by atoms with van der Waals surface area (Å²) in [5.41, 5.74) is 0. The Morgan fingerprint density at radius 2 is 2.24 bits per heavy atom. The highest BCUT2D eigenvalue weighted by molar-refractivity contribution is 7.16. The van der Waals surface area contributed by atoms with Crippen LogP contribution < -0.4 is 5.32 Å². The second-order valence-corrected chi connectivity index (χ2v) is 5.59. The van der Waals surface area contributed by atoms with Crippen LogP contribution in [0.3, 0.4) is 0 Å². The molecule has 1 rings (SSSR count). The molecular weight excluding hydrogens is 256 g/mol. The molecule has 0 radical (unpaired) electrons. The monoisotopic (exact) mass is 274 g/mol. The summed E-state index contributed by atoms with van der Waals surface area (Å²) < 4.78 is 0.771. The smallest absolute Gasteiger partial charge is 0.236 e. The Bertz CT molecular complexity index is 354. The Hall–Kier alpha value is -0.580. The van der Waals surface area contributed by atoms with Gasteiger partial charge >= 0.3 is 0 Å². The van der Waals surface area contributed by atoms with Crippen molar-refractivity contribution in [1.29, 1.82) is 0 Å². The predicted octanol–water partition coefficient (Wildman–Crippen LogP) is 2.75. The van der Waals surface area contributed by atoms with E-state index in [1.165, 1.54) is 11.3 Å². The fourth-order valence-corrected chi connectivity index (χ4v) is 2.59.